The van der Waals surface area contributed by atoms with Crippen molar-refractivity contribution in [3.63, 3.8) is 0 Å². The molecule has 0 spiro atoms. The fourth-order valence-electron chi connectivity index (χ4n) is 1.31. The Kier molecular flexibility index (Phi) is 7.08. The van der Waals surface area contributed by atoms with Gasteiger partial charge in [-0.3, -0.25) is 0 Å². The van der Waals surface area contributed by atoms with E-state index in [1.54, 1.807) is 20.8 Å². The average molecular weight is 257 g/mol. The maximum atomic E-state index is 11.5. The Morgan fingerprint density at radius 1 is 1.39 bits per heavy atom. The number of rotatable bonds is 6. The van der Waals surface area contributed by atoms with Gasteiger partial charge in [0.05, 0.1) is 0 Å². The number of amides is 1. The van der Waals surface area contributed by atoms with Gasteiger partial charge >= 0.3 is 12.1 Å². The smallest absolute Gasteiger partial charge is 0.408 e. The van der Waals surface area contributed by atoms with Crippen molar-refractivity contribution in [3.8, 4) is 0 Å². The van der Waals surface area contributed by atoms with E-state index in [9.17, 15) is 9.59 Å². The average Bonchev–Trinajstić information content (AvgIpc) is 2.19. The number of aliphatic carboxylic acids is 1. The van der Waals surface area contributed by atoms with Gasteiger partial charge in [-0.1, -0.05) is 12.2 Å². The van der Waals surface area contributed by atoms with Crippen molar-refractivity contribution in [1.82, 2.24) is 5.32 Å². The zero-order valence-corrected chi connectivity index (χ0v) is 11.5. The number of nitrogens with one attached hydrogen (secondary N) is 1. The van der Waals surface area contributed by atoms with Crippen LogP contribution in [0.1, 0.15) is 47.0 Å². The number of carbonyl (C=O) groups is 2. The fraction of sp³-hybridized carbons (Fsp3) is 0.692. The molecule has 0 aromatic heterocycles. The molecule has 0 rings (SSSR count). The monoisotopic (exact) mass is 257 g/mol. The SMILES string of the molecule is CC=CCCCC(NC(=O)OC(C)(C)C)C(=O)O. The Labute approximate surface area is 108 Å². The van der Waals surface area contributed by atoms with Crippen molar-refractivity contribution in [3.05, 3.63) is 12.2 Å². The second-order valence-electron chi connectivity index (χ2n) is 5.04. The third-order valence-electron chi connectivity index (χ3n) is 2.09. The molecular weight excluding hydrogens is 234 g/mol. The Morgan fingerprint density at radius 3 is 2.44 bits per heavy atom. The number of ether oxygens (including phenoxy) is 1. The lowest BCUT2D eigenvalue weighted by atomic mass is 10.1. The van der Waals surface area contributed by atoms with Crippen LogP contribution in [0.4, 0.5) is 4.79 Å². The van der Waals surface area contributed by atoms with Gasteiger partial charge in [0.2, 0.25) is 0 Å². The zero-order valence-electron chi connectivity index (χ0n) is 11.5. The van der Waals surface area contributed by atoms with E-state index < -0.39 is 23.7 Å². The number of carboxylic acids is 1. The van der Waals surface area contributed by atoms with Crippen molar-refractivity contribution in [1.29, 1.82) is 0 Å². The van der Waals surface area contributed by atoms with Crippen molar-refractivity contribution in [2.45, 2.75) is 58.6 Å². The van der Waals surface area contributed by atoms with Crippen LogP contribution in [0.25, 0.3) is 0 Å². The summed E-state index contributed by atoms with van der Waals surface area (Å²) in [5.41, 5.74) is -0.627. The molecule has 0 heterocycles. The molecular formula is C13H23NO4. The summed E-state index contributed by atoms with van der Waals surface area (Å²) in [5.74, 6) is -1.04. The van der Waals surface area contributed by atoms with Gasteiger partial charge in [0.25, 0.3) is 0 Å². The number of hydrogen-bond acceptors (Lipinski definition) is 3. The Balaban J connectivity index is 4.19. The lowest BCUT2D eigenvalue weighted by molar-refractivity contribution is -0.139. The first-order valence-electron chi connectivity index (χ1n) is 6.09. The molecule has 0 aliphatic rings. The Morgan fingerprint density at radius 2 is 2.00 bits per heavy atom. The normalized spacial score (nSPS) is 13.3. The molecule has 0 saturated carbocycles. The number of carbonyl (C=O) groups excluding carboxylic acids is 1. The Bertz CT molecular complexity index is 305. The minimum absolute atomic E-state index is 0.388. The summed E-state index contributed by atoms with van der Waals surface area (Å²) in [6.07, 6.45) is 5.08. The molecule has 0 aromatic rings. The Hall–Kier alpha value is -1.52. The van der Waals surface area contributed by atoms with Crippen LogP contribution in [0.3, 0.4) is 0 Å². The number of alkyl carbamates (subject to hydrolysis) is 1. The molecule has 0 bridgehead atoms. The summed E-state index contributed by atoms with van der Waals surface area (Å²) in [6.45, 7) is 7.10. The predicted octanol–water partition coefficient (Wildman–Crippen LogP) is 2.71. The highest BCUT2D eigenvalue weighted by Gasteiger charge is 2.23. The van der Waals surface area contributed by atoms with E-state index >= 15 is 0 Å². The van der Waals surface area contributed by atoms with Gasteiger partial charge in [-0.2, -0.15) is 0 Å². The number of unbranched alkanes of at least 4 members (excludes halogenated alkanes) is 1. The third kappa shape index (κ3) is 8.61. The van der Waals surface area contributed by atoms with Crippen molar-refractivity contribution < 1.29 is 19.4 Å². The molecule has 104 valence electrons. The van der Waals surface area contributed by atoms with Crippen LogP contribution >= 0.6 is 0 Å². The second kappa shape index (κ2) is 7.74. The first-order valence-corrected chi connectivity index (χ1v) is 6.09. The minimum atomic E-state index is -1.04. The summed E-state index contributed by atoms with van der Waals surface area (Å²) >= 11 is 0. The van der Waals surface area contributed by atoms with Gasteiger partial charge in [-0.05, 0) is 47.0 Å². The summed E-state index contributed by atoms with van der Waals surface area (Å²) in [4.78, 5) is 22.4. The van der Waals surface area contributed by atoms with Crippen LogP contribution in [-0.2, 0) is 9.53 Å². The van der Waals surface area contributed by atoms with Crippen molar-refractivity contribution in [2.24, 2.45) is 0 Å². The van der Waals surface area contributed by atoms with Crippen LogP contribution in [0.2, 0.25) is 0 Å². The second-order valence-corrected chi connectivity index (χ2v) is 5.04. The highest BCUT2D eigenvalue weighted by atomic mass is 16.6. The fourth-order valence-corrected chi connectivity index (χ4v) is 1.31. The summed E-state index contributed by atoms with van der Waals surface area (Å²) in [7, 11) is 0. The number of hydrogen-bond donors (Lipinski definition) is 2. The van der Waals surface area contributed by atoms with E-state index in [0.717, 1.165) is 6.42 Å². The zero-order chi connectivity index (χ0) is 14.2. The molecule has 1 atom stereocenters. The van der Waals surface area contributed by atoms with Crippen LogP contribution in [-0.4, -0.2) is 28.8 Å². The summed E-state index contributed by atoms with van der Waals surface area (Å²) < 4.78 is 5.02. The maximum Gasteiger partial charge on any atom is 0.408 e. The highest BCUT2D eigenvalue weighted by Crippen LogP contribution is 2.08. The summed E-state index contributed by atoms with van der Waals surface area (Å²) in [6, 6.07) is -0.898. The number of allylic oxidation sites excluding steroid dienone is 2. The van der Waals surface area contributed by atoms with E-state index in [-0.39, 0.29) is 0 Å². The molecule has 0 fully saturated rings. The van der Waals surface area contributed by atoms with Gasteiger partial charge in [-0.15, -0.1) is 0 Å². The van der Waals surface area contributed by atoms with Crippen molar-refractivity contribution in [2.75, 3.05) is 0 Å². The molecule has 0 aliphatic heterocycles. The van der Waals surface area contributed by atoms with Gasteiger partial charge in [0.15, 0.2) is 0 Å². The molecule has 0 aliphatic carbocycles. The van der Waals surface area contributed by atoms with Gasteiger partial charge in [-0.25, -0.2) is 9.59 Å². The number of carboxylic acid groups (broad SMARTS) is 1. The lowest BCUT2D eigenvalue weighted by Crippen LogP contribution is -2.43. The summed E-state index contributed by atoms with van der Waals surface area (Å²) in [5, 5.41) is 11.4. The van der Waals surface area contributed by atoms with Crippen LogP contribution in [0, 0.1) is 0 Å². The van der Waals surface area contributed by atoms with Gasteiger partial charge < -0.3 is 15.2 Å². The van der Waals surface area contributed by atoms with Crippen molar-refractivity contribution >= 4 is 12.1 Å². The quantitative estimate of drug-likeness (QED) is 0.566. The van der Waals surface area contributed by atoms with Gasteiger partial charge in [0.1, 0.15) is 11.6 Å². The van der Waals surface area contributed by atoms with E-state index in [1.807, 2.05) is 19.1 Å². The predicted molar refractivity (Wildman–Crippen MR) is 69.5 cm³/mol. The molecule has 18 heavy (non-hydrogen) atoms. The van der Waals surface area contributed by atoms with E-state index in [1.165, 1.54) is 0 Å². The highest BCUT2D eigenvalue weighted by molar-refractivity contribution is 5.79. The maximum absolute atomic E-state index is 11.5. The first-order chi connectivity index (χ1) is 8.26. The first kappa shape index (κ1) is 16.5. The van der Waals surface area contributed by atoms with Crippen LogP contribution in [0.5, 0.6) is 0 Å². The lowest BCUT2D eigenvalue weighted by Gasteiger charge is -2.21. The third-order valence-corrected chi connectivity index (χ3v) is 2.09. The molecule has 0 aromatic carbocycles. The van der Waals surface area contributed by atoms with Gasteiger partial charge in [0, 0.05) is 0 Å². The molecule has 1 unspecified atom stereocenters. The van der Waals surface area contributed by atoms with E-state index in [0.29, 0.717) is 12.8 Å². The van der Waals surface area contributed by atoms with E-state index in [2.05, 4.69) is 5.32 Å². The molecule has 5 heteroatoms. The minimum Gasteiger partial charge on any atom is -0.480 e. The largest absolute Gasteiger partial charge is 0.480 e. The molecule has 0 saturated heterocycles. The molecule has 5 nitrogen and oxygen atoms in total. The standard InChI is InChI=1S/C13H23NO4/c1-5-6-7-8-9-10(11(15)16)14-12(17)18-13(2,3)4/h5-6,10H,7-9H2,1-4H3,(H,14,17)(H,15,16). The molecule has 1 amide bonds. The topological polar surface area (TPSA) is 75.6 Å². The molecule has 2 N–H and O–H groups in total. The van der Waals surface area contributed by atoms with Crippen LogP contribution in [0.15, 0.2) is 12.2 Å². The molecule has 0 radical (unpaired) electrons. The van der Waals surface area contributed by atoms with Crippen LogP contribution < -0.4 is 5.32 Å². The van der Waals surface area contributed by atoms with E-state index in [4.69, 9.17) is 9.84 Å².